The van der Waals surface area contributed by atoms with Gasteiger partial charge in [0, 0.05) is 30.7 Å². The molecule has 3 heterocycles. The van der Waals surface area contributed by atoms with Crippen molar-refractivity contribution < 1.29 is 4.79 Å². The second kappa shape index (κ2) is 8.12. The standard InChI is InChI=1S/C26H21N5O/c1-18-14-20-9-13-30(25-21(17-27)4-2-10-28-25)26(32)24(20)16-22(18)15-19-5-7-23(8-6-19)31-12-3-11-29-31/h2-8,10-12,14,16H,9,13,15H2,1H3. The fourth-order valence-corrected chi connectivity index (χ4v) is 4.20. The maximum Gasteiger partial charge on any atom is 0.259 e. The van der Waals surface area contributed by atoms with E-state index in [1.807, 2.05) is 35.1 Å². The Labute approximate surface area is 186 Å². The summed E-state index contributed by atoms with van der Waals surface area (Å²) >= 11 is 0. The van der Waals surface area contributed by atoms with Crippen LogP contribution in [0.2, 0.25) is 0 Å². The van der Waals surface area contributed by atoms with Crippen LogP contribution in [0.5, 0.6) is 0 Å². The number of amides is 1. The van der Waals surface area contributed by atoms with Crippen LogP contribution in [0.4, 0.5) is 5.82 Å². The second-order valence-corrected chi connectivity index (χ2v) is 7.92. The van der Waals surface area contributed by atoms with E-state index >= 15 is 0 Å². The number of benzene rings is 2. The minimum Gasteiger partial charge on any atom is -0.291 e. The van der Waals surface area contributed by atoms with Crippen LogP contribution in [-0.4, -0.2) is 27.2 Å². The lowest BCUT2D eigenvalue weighted by atomic mass is 9.91. The third-order valence-electron chi connectivity index (χ3n) is 5.90. The molecular weight excluding hydrogens is 398 g/mol. The molecule has 0 atom stereocenters. The van der Waals surface area contributed by atoms with Gasteiger partial charge in [-0.25, -0.2) is 9.67 Å². The Morgan fingerprint density at radius 3 is 2.69 bits per heavy atom. The van der Waals surface area contributed by atoms with E-state index in [1.165, 1.54) is 11.1 Å². The Hall–Kier alpha value is -4.24. The van der Waals surface area contributed by atoms with Gasteiger partial charge in [0.25, 0.3) is 5.91 Å². The minimum atomic E-state index is -0.100. The Kier molecular flexibility index (Phi) is 5.00. The number of carbonyl (C=O) groups excluding carboxylic acids is 1. The van der Waals surface area contributed by atoms with Gasteiger partial charge in [-0.15, -0.1) is 0 Å². The zero-order valence-electron chi connectivity index (χ0n) is 17.7. The Balaban J connectivity index is 1.44. The number of aromatic nitrogens is 3. The van der Waals surface area contributed by atoms with E-state index in [0.717, 1.165) is 29.7 Å². The average Bonchev–Trinajstić information content (AvgIpc) is 3.36. The number of fused-ring (bicyclic) bond motifs is 1. The number of pyridine rings is 1. The molecule has 5 rings (SSSR count). The molecule has 0 saturated carbocycles. The van der Waals surface area contributed by atoms with Crippen molar-refractivity contribution in [2.24, 2.45) is 0 Å². The summed E-state index contributed by atoms with van der Waals surface area (Å²) in [5.74, 6) is 0.332. The van der Waals surface area contributed by atoms with Crippen molar-refractivity contribution in [1.29, 1.82) is 5.26 Å². The number of nitriles is 1. The smallest absolute Gasteiger partial charge is 0.259 e. The van der Waals surface area contributed by atoms with Gasteiger partial charge in [0.2, 0.25) is 0 Å². The number of carbonyl (C=O) groups is 1. The van der Waals surface area contributed by atoms with E-state index in [2.05, 4.69) is 41.3 Å². The van der Waals surface area contributed by atoms with E-state index in [-0.39, 0.29) is 5.91 Å². The number of rotatable bonds is 4. The first kappa shape index (κ1) is 19.7. The van der Waals surface area contributed by atoms with E-state index in [1.54, 1.807) is 29.4 Å². The van der Waals surface area contributed by atoms with Crippen molar-refractivity contribution in [3.63, 3.8) is 0 Å². The molecule has 0 spiro atoms. The molecule has 1 aliphatic rings. The lowest BCUT2D eigenvalue weighted by molar-refractivity contribution is 0.0979. The first-order chi connectivity index (χ1) is 15.6. The molecule has 32 heavy (non-hydrogen) atoms. The first-order valence-electron chi connectivity index (χ1n) is 10.5. The second-order valence-electron chi connectivity index (χ2n) is 7.92. The zero-order chi connectivity index (χ0) is 22.1. The van der Waals surface area contributed by atoms with Crippen LogP contribution in [0.15, 0.2) is 73.2 Å². The molecule has 1 amide bonds. The number of hydrogen-bond donors (Lipinski definition) is 0. The predicted octanol–water partition coefficient (Wildman–Crippen LogP) is 4.24. The van der Waals surface area contributed by atoms with Gasteiger partial charge in [0.1, 0.15) is 6.07 Å². The molecule has 6 heteroatoms. The lowest BCUT2D eigenvalue weighted by Crippen LogP contribution is -2.38. The molecule has 0 aliphatic carbocycles. The van der Waals surface area contributed by atoms with Crippen molar-refractivity contribution >= 4 is 11.7 Å². The third kappa shape index (κ3) is 3.54. The zero-order valence-corrected chi connectivity index (χ0v) is 17.7. The van der Waals surface area contributed by atoms with Crippen LogP contribution >= 0.6 is 0 Å². The van der Waals surface area contributed by atoms with Crippen molar-refractivity contribution in [2.45, 2.75) is 19.8 Å². The molecular formula is C26H21N5O. The molecule has 0 radical (unpaired) electrons. The number of aryl methyl sites for hydroxylation is 1. The van der Waals surface area contributed by atoms with Gasteiger partial charge in [-0.2, -0.15) is 10.4 Å². The average molecular weight is 419 g/mol. The minimum absolute atomic E-state index is 0.100. The monoisotopic (exact) mass is 419 g/mol. The number of nitrogens with zero attached hydrogens (tertiary/aromatic N) is 5. The quantitative estimate of drug-likeness (QED) is 0.496. The number of hydrogen-bond acceptors (Lipinski definition) is 4. The number of anilines is 1. The summed E-state index contributed by atoms with van der Waals surface area (Å²) in [4.78, 5) is 19.3. The van der Waals surface area contributed by atoms with Gasteiger partial charge in [-0.1, -0.05) is 18.2 Å². The maximum atomic E-state index is 13.3. The highest BCUT2D eigenvalue weighted by Gasteiger charge is 2.28. The molecule has 156 valence electrons. The Morgan fingerprint density at radius 1 is 1.09 bits per heavy atom. The molecule has 0 unspecified atom stereocenters. The SMILES string of the molecule is Cc1cc2c(cc1Cc1ccc(-n3cccn3)cc1)C(=O)N(c1ncccc1C#N)CC2. The fraction of sp³-hybridized carbons (Fsp3) is 0.154. The predicted molar refractivity (Wildman–Crippen MR) is 122 cm³/mol. The normalized spacial score (nSPS) is 13.0. The fourth-order valence-electron chi connectivity index (χ4n) is 4.20. The van der Waals surface area contributed by atoms with Gasteiger partial charge in [-0.05, 0) is 78.4 Å². The van der Waals surface area contributed by atoms with Crippen LogP contribution in [0.3, 0.4) is 0 Å². The van der Waals surface area contributed by atoms with Gasteiger partial charge in [-0.3, -0.25) is 9.69 Å². The maximum absolute atomic E-state index is 13.3. The van der Waals surface area contributed by atoms with Crippen LogP contribution < -0.4 is 4.90 Å². The van der Waals surface area contributed by atoms with E-state index < -0.39 is 0 Å². The molecule has 0 bridgehead atoms. The highest BCUT2D eigenvalue weighted by molar-refractivity contribution is 6.08. The summed E-state index contributed by atoms with van der Waals surface area (Å²) in [7, 11) is 0. The highest BCUT2D eigenvalue weighted by atomic mass is 16.2. The molecule has 4 aromatic rings. The lowest BCUT2D eigenvalue weighted by Gasteiger charge is -2.29. The summed E-state index contributed by atoms with van der Waals surface area (Å²) in [5.41, 5.74) is 6.63. The van der Waals surface area contributed by atoms with Gasteiger partial charge in [0.05, 0.1) is 11.3 Å². The first-order valence-corrected chi connectivity index (χ1v) is 10.5. The molecule has 2 aromatic carbocycles. The van der Waals surface area contributed by atoms with E-state index in [4.69, 9.17) is 0 Å². The van der Waals surface area contributed by atoms with Crippen molar-refractivity contribution in [1.82, 2.24) is 14.8 Å². The molecule has 0 saturated heterocycles. The Bertz CT molecular complexity index is 1330. The molecule has 0 N–H and O–H groups in total. The summed E-state index contributed by atoms with van der Waals surface area (Å²) in [6, 6.07) is 19.9. The summed E-state index contributed by atoms with van der Waals surface area (Å²) in [5, 5.41) is 13.7. The molecule has 0 fully saturated rings. The Morgan fingerprint density at radius 2 is 1.94 bits per heavy atom. The highest BCUT2D eigenvalue weighted by Crippen LogP contribution is 2.28. The van der Waals surface area contributed by atoms with Crippen molar-refractivity contribution in [3.8, 4) is 11.8 Å². The summed E-state index contributed by atoms with van der Waals surface area (Å²) in [6.07, 6.45) is 6.77. The van der Waals surface area contributed by atoms with Crippen LogP contribution in [0, 0.1) is 18.3 Å². The van der Waals surface area contributed by atoms with Gasteiger partial charge in [0.15, 0.2) is 5.82 Å². The van der Waals surface area contributed by atoms with Crippen LogP contribution in [-0.2, 0) is 12.8 Å². The van der Waals surface area contributed by atoms with Crippen LogP contribution in [0.1, 0.15) is 38.2 Å². The van der Waals surface area contributed by atoms with Gasteiger partial charge >= 0.3 is 0 Å². The molecule has 1 aliphatic heterocycles. The largest absolute Gasteiger partial charge is 0.291 e. The molecule has 6 nitrogen and oxygen atoms in total. The van der Waals surface area contributed by atoms with Gasteiger partial charge < -0.3 is 0 Å². The topological polar surface area (TPSA) is 74.8 Å². The van der Waals surface area contributed by atoms with Crippen LogP contribution in [0.25, 0.3) is 5.69 Å². The molecule has 2 aromatic heterocycles. The summed E-state index contributed by atoms with van der Waals surface area (Å²) in [6.45, 7) is 2.61. The third-order valence-corrected chi connectivity index (χ3v) is 5.90. The van der Waals surface area contributed by atoms with E-state index in [9.17, 15) is 10.1 Å². The van der Waals surface area contributed by atoms with Crippen molar-refractivity contribution in [3.05, 3.63) is 107 Å². The van der Waals surface area contributed by atoms with E-state index in [0.29, 0.717) is 23.5 Å². The summed E-state index contributed by atoms with van der Waals surface area (Å²) < 4.78 is 1.83. The van der Waals surface area contributed by atoms with Crippen molar-refractivity contribution in [2.75, 3.05) is 11.4 Å².